The lowest BCUT2D eigenvalue weighted by Gasteiger charge is -2.34. The molecule has 1 saturated heterocycles. The number of benzene rings is 2. The van der Waals surface area contributed by atoms with Gasteiger partial charge < -0.3 is 15.1 Å². The molecular weight excluding hydrogens is 392 g/mol. The number of halogens is 1. The van der Waals surface area contributed by atoms with E-state index in [0.29, 0.717) is 13.1 Å². The number of rotatable bonds is 2. The third kappa shape index (κ3) is 3.80. The molecule has 28 heavy (non-hydrogen) atoms. The first-order valence-electron chi connectivity index (χ1n) is 9.35. The topological polar surface area (TPSA) is 48.5 Å². The molecule has 1 aromatic heterocycles. The fourth-order valence-corrected chi connectivity index (χ4v) is 4.80. The maximum absolute atomic E-state index is 12.6. The summed E-state index contributed by atoms with van der Waals surface area (Å²) in [5, 5.41) is 4.77. The largest absolute Gasteiger partial charge is 0.345 e. The molecule has 4 rings (SSSR count). The Labute approximate surface area is 173 Å². The van der Waals surface area contributed by atoms with Gasteiger partial charge in [0.15, 0.2) is 5.13 Å². The van der Waals surface area contributed by atoms with Gasteiger partial charge >= 0.3 is 6.03 Å². The van der Waals surface area contributed by atoms with Crippen LogP contribution in [-0.4, -0.2) is 42.1 Å². The molecule has 5 nitrogen and oxygen atoms in total. The van der Waals surface area contributed by atoms with Crippen molar-refractivity contribution in [3.8, 4) is 0 Å². The number of carbonyl (C=O) groups is 1. The number of carbonyl (C=O) groups excluding carboxylic acids is 1. The molecule has 0 spiro atoms. The summed E-state index contributed by atoms with van der Waals surface area (Å²) in [5.41, 5.74) is 5.14. The Hall–Kier alpha value is -2.31. The quantitative estimate of drug-likeness (QED) is 0.624. The van der Waals surface area contributed by atoms with Gasteiger partial charge in [0.1, 0.15) is 0 Å². The number of urea groups is 1. The molecule has 2 heterocycles. The van der Waals surface area contributed by atoms with Gasteiger partial charge in [-0.1, -0.05) is 29.0 Å². The highest BCUT2D eigenvalue weighted by Crippen LogP contribution is 2.33. The van der Waals surface area contributed by atoms with Crippen LogP contribution >= 0.6 is 22.9 Å². The Balaban J connectivity index is 1.41. The van der Waals surface area contributed by atoms with Crippen molar-refractivity contribution in [3.63, 3.8) is 0 Å². The molecule has 1 fully saturated rings. The average molecular weight is 415 g/mol. The van der Waals surface area contributed by atoms with Crippen molar-refractivity contribution in [1.29, 1.82) is 0 Å². The van der Waals surface area contributed by atoms with Crippen LogP contribution in [0.3, 0.4) is 0 Å². The number of nitrogens with zero attached hydrogens (tertiary/aromatic N) is 3. The van der Waals surface area contributed by atoms with Crippen LogP contribution in [0.5, 0.6) is 0 Å². The van der Waals surface area contributed by atoms with Crippen LogP contribution in [0, 0.1) is 20.8 Å². The van der Waals surface area contributed by atoms with Crippen molar-refractivity contribution in [3.05, 3.63) is 52.0 Å². The van der Waals surface area contributed by atoms with E-state index in [-0.39, 0.29) is 6.03 Å². The molecule has 7 heteroatoms. The van der Waals surface area contributed by atoms with Crippen molar-refractivity contribution in [2.75, 3.05) is 36.4 Å². The van der Waals surface area contributed by atoms with Crippen molar-refractivity contribution >= 4 is 50.0 Å². The van der Waals surface area contributed by atoms with E-state index < -0.39 is 0 Å². The van der Waals surface area contributed by atoms with Crippen LogP contribution in [0.1, 0.15) is 16.7 Å². The summed E-state index contributed by atoms with van der Waals surface area (Å²) in [7, 11) is 0. The monoisotopic (exact) mass is 414 g/mol. The number of aromatic nitrogens is 1. The van der Waals surface area contributed by atoms with Crippen molar-refractivity contribution < 1.29 is 4.79 Å². The predicted molar refractivity (Wildman–Crippen MR) is 118 cm³/mol. The number of fused-ring (bicyclic) bond motifs is 1. The normalized spacial score (nSPS) is 14.6. The first-order valence-corrected chi connectivity index (χ1v) is 10.5. The Morgan fingerprint density at radius 3 is 2.43 bits per heavy atom. The van der Waals surface area contributed by atoms with Crippen LogP contribution in [-0.2, 0) is 0 Å². The van der Waals surface area contributed by atoms with Gasteiger partial charge in [0.2, 0.25) is 0 Å². The van der Waals surface area contributed by atoms with Gasteiger partial charge in [0.25, 0.3) is 0 Å². The number of piperazine rings is 1. The summed E-state index contributed by atoms with van der Waals surface area (Å²) >= 11 is 7.90. The molecule has 0 unspecified atom stereocenters. The Morgan fingerprint density at radius 2 is 1.75 bits per heavy atom. The summed E-state index contributed by atoms with van der Waals surface area (Å²) in [6.45, 7) is 8.96. The minimum atomic E-state index is -0.0448. The second kappa shape index (κ2) is 7.60. The minimum Gasteiger partial charge on any atom is -0.345 e. The second-order valence-electron chi connectivity index (χ2n) is 7.30. The van der Waals surface area contributed by atoms with Gasteiger partial charge in [0, 0.05) is 36.9 Å². The molecule has 3 aromatic rings. The number of anilines is 2. The molecule has 146 valence electrons. The number of aryl methyl sites for hydroxylation is 3. The van der Waals surface area contributed by atoms with Crippen molar-refractivity contribution in [2.45, 2.75) is 20.8 Å². The summed E-state index contributed by atoms with van der Waals surface area (Å²) in [4.78, 5) is 21.5. The summed E-state index contributed by atoms with van der Waals surface area (Å²) in [5.74, 6) is 0. The van der Waals surface area contributed by atoms with Crippen LogP contribution in [0.4, 0.5) is 15.6 Å². The number of hydrogen-bond acceptors (Lipinski definition) is 4. The SMILES string of the molecule is Cc1cc(C)cc(NC(=O)N2CCN(c3nc4c(C)c(Cl)ccc4s3)CC2)c1. The number of hydrogen-bond donors (Lipinski definition) is 1. The van der Waals surface area contributed by atoms with E-state index in [1.807, 2.05) is 49.9 Å². The standard InChI is InChI=1S/C21H23ClN4OS/c1-13-10-14(2)12-16(11-13)23-20(27)25-6-8-26(9-7-25)21-24-19-15(3)17(22)4-5-18(19)28-21/h4-5,10-12H,6-9H2,1-3H3,(H,23,27). The van der Waals surface area contributed by atoms with E-state index in [9.17, 15) is 4.79 Å². The van der Waals surface area contributed by atoms with E-state index in [0.717, 1.165) is 55.8 Å². The third-order valence-corrected chi connectivity index (χ3v) is 6.54. The van der Waals surface area contributed by atoms with Gasteiger partial charge in [-0.05, 0) is 61.7 Å². The fraction of sp³-hybridized carbons (Fsp3) is 0.333. The van der Waals surface area contributed by atoms with E-state index in [4.69, 9.17) is 16.6 Å². The minimum absolute atomic E-state index is 0.0448. The van der Waals surface area contributed by atoms with Gasteiger partial charge in [-0.3, -0.25) is 0 Å². The zero-order chi connectivity index (χ0) is 19.8. The molecule has 1 aliphatic rings. The lowest BCUT2D eigenvalue weighted by Crippen LogP contribution is -2.50. The van der Waals surface area contributed by atoms with Gasteiger partial charge in [-0.2, -0.15) is 0 Å². The van der Waals surface area contributed by atoms with Gasteiger partial charge in [0.05, 0.1) is 10.2 Å². The molecule has 2 amide bonds. The molecule has 1 aliphatic heterocycles. The molecule has 0 atom stereocenters. The maximum Gasteiger partial charge on any atom is 0.321 e. The highest BCUT2D eigenvalue weighted by Gasteiger charge is 2.23. The van der Waals surface area contributed by atoms with Gasteiger partial charge in [-0.25, -0.2) is 9.78 Å². The second-order valence-corrected chi connectivity index (χ2v) is 8.71. The Bertz CT molecular complexity index is 1020. The number of amides is 2. The zero-order valence-electron chi connectivity index (χ0n) is 16.3. The van der Waals surface area contributed by atoms with Crippen LogP contribution in [0.25, 0.3) is 10.2 Å². The highest BCUT2D eigenvalue weighted by atomic mass is 35.5. The average Bonchev–Trinajstić information content (AvgIpc) is 3.09. The lowest BCUT2D eigenvalue weighted by molar-refractivity contribution is 0.208. The fourth-order valence-electron chi connectivity index (χ4n) is 3.57. The smallest absolute Gasteiger partial charge is 0.321 e. The summed E-state index contributed by atoms with van der Waals surface area (Å²) in [6, 6.07) is 10.00. The molecule has 0 aliphatic carbocycles. The summed E-state index contributed by atoms with van der Waals surface area (Å²) in [6.07, 6.45) is 0. The van der Waals surface area contributed by atoms with Crippen LogP contribution in [0.2, 0.25) is 5.02 Å². The first kappa shape index (κ1) is 19.0. The van der Waals surface area contributed by atoms with E-state index in [2.05, 4.69) is 16.3 Å². The molecule has 0 bridgehead atoms. The number of nitrogens with one attached hydrogen (secondary N) is 1. The third-order valence-electron chi connectivity index (χ3n) is 5.05. The molecule has 0 saturated carbocycles. The van der Waals surface area contributed by atoms with Crippen molar-refractivity contribution in [2.24, 2.45) is 0 Å². The van der Waals surface area contributed by atoms with Crippen molar-refractivity contribution in [1.82, 2.24) is 9.88 Å². The van der Waals surface area contributed by atoms with Crippen LogP contribution < -0.4 is 10.2 Å². The lowest BCUT2D eigenvalue weighted by atomic mass is 10.1. The highest BCUT2D eigenvalue weighted by molar-refractivity contribution is 7.22. The zero-order valence-corrected chi connectivity index (χ0v) is 17.8. The maximum atomic E-state index is 12.6. The molecular formula is C21H23ClN4OS. The Morgan fingerprint density at radius 1 is 1.07 bits per heavy atom. The van der Waals surface area contributed by atoms with Crippen LogP contribution in [0.15, 0.2) is 30.3 Å². The first-order chi connectivity index (χ1) is 13.4. The Kier molecular flexibility index (Phi) is 5.17. The molecule has 1 N–H and O–H groups in total. The summed E-state index contributed by atoms with van der Waals surface area (Å²) < 4.78 is 1.15. The number of thiazole rings is 1. The predicted octanol–water partition coefficient (Wildman–Crippen LogP) is 5.23. The molecule has 2 aromatic carbocycles. The van der Waals surface area contributed by atoms with Gasteiger partial charge in [-0.15, -0.1) is 0 Å². The van der Waals surface area contributed by atoms with E-state index in [1.54, 1.807) is 11.3 Å². The van der Waals surface area contributed by atoms with E-state index >= 15 is 0 Å². The molecule has 0 radical (unpaired) electrons. The van der Waals surface area contributed by atoms with E-state index in [1.165, 1.54) is 0 Å².